The van der Waals surface area contributed by atoms with Crippen LogP contribution >= 0.6 is 12.2 Å². The van der Waals surface area contributed by atoms with Crippen LogP contribution < -0.4 is 19.4 Å². The molecule has 1 unspecified atom stereocenters. The number of ether oxygens (including phenoxy) is 2. The Kier molecular flexibility index (Phi) is 5.92. The van der Waals surface area contributed by atoms with E-state index in [4.69, 9.17) is 21.7 Å². The summed E-state index contributed by atoms with van der Waals surface area (Å²) >= 11 is 5.71. The van der Waals surface area contributed by atoms with Crippen LogP contribution in [0.4, 0.5) is 17.1 Å². The number of amides is 1. The number of morpholine rings is 1. The van der Waals surface area contributed by atoms with Gasteiger partial charge in [-0.05, 0) is 81.5 Å². The first-order chi connectivity index (χ1) is 14.5. The summed E-state index contributed by atoms with van der Waals surface area (Å²) in [6.07, 6.45) is 0.0984. The molecule has 7 heteroatoms. The second-order valence-electron chi connectivity index (χ2n) is 7.78. The number of thiocarbonyl (C=S) groups is 1. The van der Waals surface area contributed by atoms with Gasteiger partial charge in [0.25, 0.3) is 5.91 Å². The highest BCUT2D eigenvalue weighted by Crippen LogP contribution is 2.32. The number of carbonyl (C=O) groups is 1. The summed E-state index contributed by atoms with van der Waals surface area (Å²) in [6, 6.07) is 15.4. The zero-order valence-electron chi connectivity index (χ0n) is 17.6. The maximum absolute atomic E-state index is 13.0. The van der Waals surface area contributed by atoms with Crippen LogP contribution in [0.15, 0.2) is 48.5 Å². The zero-order chi connectivity index (χ0) is 21.3. The van der Waals surface area contributed by atoms with Gasteiger partial charge in [0, 0.05) is 24.5 Å². The number of benzene rings is 2. The molecule has 0 N–H and O–H groups in total. The fourth-order valence-corrected chi connectivity index (χ4v) is 4.29. The Labute approximate surface area is 183 Å². The fraction of sp³-hybridized carbons (Fsp3) is 0.391. The molecule has 0 bridgehead atoms. The summed E-state index contributed by atoms with van der Waals surface area (Å²) in [5, 5.41) is 0.490. The quantitative estimate of drug-likeness (QED) is 0.679. The third kappa shape index (κ3) is 4.00. The van der Waals surface area contributed by atoms with Gasteiger partial charge >= 0.3 is 0 Å². The highest BCUT2D eigenvalue weighted by molar-refractivity contribution is 7.81. The molecule has 2 heterocycles. The van der Waals surface area contributed by atoms with Crippen molar-refractivity contribution in [3.8, 4) is 5.75 Å². The molecule has 1 amide bonds. The normalized spacial score (nSPS) is 19.7. The SMILES string of the molecule is CC(C)Oc1ccc(N2C(=O)C(C)N(c3ccc(N4CCOCC4)cc3)C2=S)cc1. The summed E-state index contributed by atoms with van der Waals surface area (Å²) < 4.78 is 11.1. The van der Waals surface area contributed by atoms with E-state index < -0.39 is 0 Å². The second-order valence-corrected chi connectivity index (χ2v) is 8.14. The highest BCUT2D eigenvalue weighted by Gasteiger charge is 2.41. The highest BCUT2D eigenvalue weighted by atomic mass is 32.1. The van der Waals surface area contributed by atoms with E-state index in [1.54, 1.807) is 4.90 Å². The lowest BCUT2D eigenvalue weighted by Crippen LogP contribution is -2.36. The Balaban J connectivity index is 1.54. The van der Waals surface area contributed by atoms with Gasteiger partial charge in [0.1, 0.15) is 11.8 Å². The third-order valence-corrected chi connectivity index (χ3v) is 5.71. The summed E-state index contributed by atoms with van der Waals surface area (Å²) in [7, 11) is 0. The van der Waals surface area contributed by atoms with Gasteiger partial charge in [-0.15, -0.1) is 0 Å². The van der Waals surface area contributed by atoms with Crippen LogP contribution in [0.2, 0.25) is 0 Å². The number of hydrogen-bond acceptors (Lipinski definition) is 5. The van der Waals surface area contributed by atoms with Crippen LogP contribution in [0.25, 0.3) is 0 Å². The van der Waals surface area contributed by atoms with E-state index in [9.17, 15) is 4.79 Å². The van der Waals surface area contributed by atoms with Crippen LogP contribution in [0.1, 0.15) is 20.8 Å². The molecule has 2 aromatic rings. The lowest BCUT2D eigenvalue weighted by molar-refractivity contribution is -0.117. The average molecular weight is 426 g/mol. The molecule has 158 valence electrons. The van der Waals surface area contributed by atoms with Gasteiger partial charge < -0.3 is 19.3 Å². The monoisotopic (exact) mass is 425 g/mol. The predicted octanol–water partition coefficient (Wildman–Crippen LogP) is 3.84. The summed E-state index contributed by atoms with van der Waals surface area (Å²) in [6.45, 7) is 9.13. The van der Waals surface area contributed by atoms with Gasteiger partial charge in [-0.2, -0.15) is 0 Å². The smallest absolute Gasteiger partial charge is 0.256 e. The standard InChI is InChI=1S/C23H27N3O3S/c1-16(2)29-21-10-8-20(9-11-21)26-22(27)17(3)25(23(26)30)19-6-4-18(5-7-19)24-12-14-28-15-13-24/h4-11,16-17H,12-15H2,1-3H3. The molecular formula is C23H27N3O3S. The van der Waals surface area contributed by atoms with E-state index >= 15 is 0 Å². The van der Waals surface area contributed by atoms with Crippen molar-refractivity contribution < 1.29 is 14.3 Å². The van der Waals surface area contributed by atoms with Crippen LogP contribution in [0.3, 0.4) is 0 Å². The number of hydrogen-bond donors (Lipinski definition) is 0. The zero-order valence-corrected chi connectivity index (χ0v) is 18.4. The van der Waals surface area contributed by atoms with Gasteiger partial charge in [-0.3, -0.25) is 9.69 Å². The van der Waals surface area contributed by atoms with Gasteiger partial charge in [-0.25, -0.2) is 0 Å². The molecule has 2 aromatic carbocycles. The van der Waals surface area contributed by atoms with Gasteiger partial charge in [0.15, 0.2) is 5.11 Å². The molecule has 0 spiro atoms. The van der Waals surface area contributed by atoms with Gasteiger partial charge in [-0.1, -0.05) is 0 Å². The largest absolute Gasteiger partial charge is 0.491 e. The summed E-state index contributed by atoms with van der Waals surface area (Å²) in [5.41, 5.74) is 2.82. The Hall–Kier alpha value is -2.64. The minimum absolute atomic E-state index is 0.0326. The Morgan fingerprint density at radius 2 is 1.53 bits per heavy atom. The summed E-state index contributed by atoms with van der Waals surface area (Å²) in [5.74, 6) is 0.740. The van der Waals surface area contributed by atoms with E-state index in [0.717, 1.165) is 49.1 Å². The van der Waals surface area contributed by atoms with Crippen molar-refractivity contribution in [1.29, 1.82) is 0 Å². The van der Waals surface area contributed by atoms with Crippen molar-refractivity contribution in [3.05, 3.63) is 48.5 Å². The first-order valence-electron chi connectivity index (χ1n) is 10.3. The molecule has 0 aliphatic carbocycles. The van der Waals surface area contributed by atoms with E-state index in [-0.39, 0.29) is 18.1 Å². The molecule has 0 saturated carbocycles. The van der Waals surface area contributed by atoms with Crippen molar-refractivity contribution in [2.24, 2.45) is 0 Å². The van der Waals surface area contributed by atoms with E-state index in [1.807, 2.05) is 62.1 Å². The number of anilines is 3. The Morgan fingerprint density at radius 1 is 0.967 bits per heavy atom. The molecule has 2 aliphatic rings. The number of nitrogens with zero attached hydrogens (tertiary/aromatic N) is 3. The second kappa shape index (κ2) is 8.62. The summed E-state index contributed by atoms with van der Waals surface area (Å²) in [4.78, 5) is 18.8. The van der Waals surface area contributed by atoms with Crippen molar-refractivity contribution >= 4 is 40.3 Å². The molecule has 0 radical (unpaired) electrons. The maximum Gasteiger partial charge on any atom is 0.256 e. The lowest BCUT2D eigenvalue weighted by atomic mass is 10.2. The van der Waals surface area contributed by atoms with Crippen molar-refractivity contribution in [3.63, 3.8) is 0 Å². The van der Waals surface area contributed by atoms with E-state index in [1.165, 1.54) is 0 Å². The van der Waals surface area contributed by atoms with E-state index in [0.29, 0.717) is 5.11 Å². The Morgan fingerprint density at radius 3 is 2.13 bits per heavy atom. The van der Waals surface area contributed by atoms with E-state index in [2.05, 4.69) is 17.0 Å². The molecule has 2 aliphatic heterocycles. The molecule has 6 nitrogen and oxygen atoms in total. The third-order valence-electron chi connectivity index (χ3n) is 5.33. The minimum atomic E-state index is -0.363. The number of rotatable bonds is 5. The lowest BCUT2D eigenvalue weighted by Gasteiger charge is -2.29. The molecule has 4 rings (SSSR count). The average Bonchev–Trinajstić information content (AvgIpc) is 2.97. The molecule has 0 aromatic heterocycles. The van der Waals surface area contributed by atoms with Gasteiger partial charge in [0.2, 0.25) is 0 Å². The molecule has 2 saturated heterocycles. The van der Waals surface area contributed by atoms with Crippen LogP contribution in [0.5, 0.6) is 5.75 Å². The first-order valence-corrected chi connectivity index (χ1v) is 10.7. The van der Waals surface area contributed by atoms with Crippen LogP contribution in [-0.2, 0) is 9.53 Å². The topological polar surface area (TPSA) is 45.2 Å². The maximum atomic E-state index is 13.0. The van der Waals surface area contributed by atoms with Crippen LogP contribution in [0, 0.1) is 0 Å². The van der Waals surface area contributed by atoms with Crippen LogP contribution in [-0.4, -0.2) is 49.5 Å². The first kappa shape index (κ1) is 20.6. The van der Waals surface area contributed by atoms with Crippen molar-refractivity contribution in [2.45, 2.75) is 32.9 Å². The van der Waals surface area contributed by atoms with Crippen molar-refractivity contribution in [1.82, 2.24) is 0 Å². The van der Waals surface area contributed by atoms with Gasteiger partial charge in [0.05, 0.1) is 25.0 Å². The molecule has 1 atom stereocenters. The molecular weight excluding hydrogens is 398 g/mol. The molecule has 2 fully saturated rings. The number of carbonyl (C=O) groups excluding carboxylic acids is 1. The predicted molar refractivity (Wildman–Crippen MR) is 124 cm³/mol. The fourth-order valence-electron chi connectivity index (χ4n) is 3.83. The molecule has 30 heavy (non-hydrogen) atoms. The van der Waals surface area contributed by atoms with Crippen molar-refractivity contribution in [2.75, 3.05) is 41.0 Å². The minimum Gasteiger partial charge on any atom is -0.491 e. The Bertz CT molecular complexity index is 908.